The van der Waals surface area contributed by atoms with Crippen LogP contribution in [0, 0.1) is 0 Å². The Balaban J connectivity index is 2.32. The summed E-state index contributed by atoms with van der Waals surface area (Å²) < 4.78 is 0. The summed E-state index contributed by atoms with van der Waals surface area (Å²) in [5.74, 6) is 0.693. The lowest BCUT2D eigenvalue weighted by Gasteiger charge is -2.20. The van der Waals surface area contributed by atoms with E-state index in [4.69, 9.17) is 11.6 Å². The van der Waals surface area contributed by atoms with Crippen molar-refractivity contribution in [2.45, 2.75) is 25.3 Å². The fraction of sp³-hybridized carbons (Fsp3) is 0.833. The molecular weight excluding hydrogens is 138 g/mol. The molecule has 1 N–H and O–H groups in total. The van der Waals surface area contributed by atoms with Crippen LogP contribution in [-0.2, 0) is 4.79 Å². The molecule has 0 bridgehead atoms. The van der Waals surface area contributed by atoms with E-state index in [1.807, 2.05) is 0 Å². The molecule has 0 spiro atoms. The highest BCUT2D eigenvalue weighted by Gasteiger charge is 2.15. The molecule has 1 fully saturated rings. The second-order valence-corrected chi connectivity index (χ2v) is 2.62. The number of hydrogen-bond donors (Lipinski definition) is 1. The van der Waals surface area contributed by atoms with Crippen LogP contribution in [-0.4, -0.2) is 17.8 Å². The molecule has 0 radical (unpaired) electrons. The second-order valence-electron chi connectivity index (χ2n) is 2.31. The lowest BCUT2D eigenvalue weighted by Crippen LogP contribution is -2.39. The summed E-state index contributed by atoms with van der Waals surface area (Å²) in [7, 11) is 0. The maximum Gasteiger partial charge on any atom is 0.220 e. The molecule has 0 aliphatic carbocycles. The van der Waals surface area contributed by atoms with Gasteiger partial charge in [-0.05, 0) is 12.8 Å². The summed E-state index contributed by atoms with van der Waals surface area (Å²) in [5, 5.41) is 2.80. The summed E-state index contributed by atoms with van der Waals surface area (Å²) in [6.07, 6.45) is 2.70. The Hall–Kier alpha value is -0.240. The van der Waals surface area contributed by atoms with E-state index in [0.717, 1.165) is 12.8 Å². The number of alkyl halides is 1. The molecule has 1 atom stereocenters. The summed E-state index contributed by atoms with van der Waals surface area (Å²) in [6, 6.07) is 0.230. The van der Waals surface area contributed by atoms with Crippen LogP contribution in [0.2, 0.25) is 0 Å². The minimum atomic E-state index is 0.145. The van der Waals surface area contributed by atoms with Crippen molar-refractivity contribution in [3.05, 3.63) is 0 Å². The maximum atomic E-state index is 10.7. The molecule has 0 aromatic heterocycles. The van der Waals surface area contributed by atoms with Gasteiger partial charge in [0.05, 0.1) is 0 Å². The molecule has 9 heavy (non-hydrogen) atoms. The third-order valence-electron chi connectivity index (χ3n) is 1.51. The SMILES string of the molecule is O=C1CCCC(CCl)N1. The standard InChI is InChI=1S/C6H10ClNO/c7-4-5-2-1-3-6(9)8-5/h5H,1-4H2,(H,8,9). The van der Waals surface area contributed by atoms with E-state index in [1.165, 1.54) is 0 Å². The molecule has 1 aliphatic rings. The molecule has 1 unspecified atom stereocenters. The lowest BCUT2D eigenvalue weighted by molar-refractivity contribution is -0.123. The summed E-state index contributed by atoms with van der Waals surface area (Å²) in [5.41, 5.74) is 0. The zero-order valence-electron chi connectivity index (χ0n) is 5.19. The van der Waals surface area contributed by atoms with Crippen molar-refractivity contribution >= 4 is 17.5 Å². The molecule has 3 heteroatoms. The monoisotopic (exact) mass is 147 g/mol. The predicted molar refractivity (Wildman–Crippen MR) is 36.5 cm³/mol. The first kappa shape index (κ1) is 6.87. The van der Waals surface area contributed by atoms with Crippen molar-refractivity contribution in [3.63, 3.8) is 0 Å². The quantitative estimate of drug-likeness (QED) is 0.549. The molecular formula is C6H10ClNO. The number of hydrogen-bond acceptors (Lipinski definition) is 1. The van der Waals surface area contributed by atoms with E-state index < -0.39 is 0 Å². The third-order valence-corrected chi connectivity index (χ3v) is 1.88. The Morgan fingerprint density at radius 1 is 1.78 bits per heavy atom. The molecule has 1 saturated heterocycles. The smallest absolute Gasteiger partial charge is 0.220 e. The highest BCUT2D eigenvalue weighted by atomic mass is 35.5. The van der Waals surface area contributed by atoms with Crippen molar-refractivity contribution in [1.29, 1.82) is 0 Å². The molecule has 1 rings (SSSR count). The van der Waals surface area contributed by atoms with Gasteiger partial charge in [-0.2, -0.15) is 0 Å². The zero-order valence-corrected chi connectivity index (χ0v) is 5.95. The minimum Gasteiger partial charge on any atom is -0.352 e. The fourth-order valence-corrected chi connectivity index (χ4v) is 1.23. The Kier molecular flexibility index (Phi) is 2.34. The zero-order chi connectivity index (χ0) is 6.69. The molecule has 1 heterocycles. The van der Waals surface area contributed by atoms with Crippen LogP contribution in [0.25, 0.3) is 0 Å². The van der Waals surface area contributed by atoms with Crippen LogP contribution in [0.4, 0.5) is 0 Å². The molecule has 0 saturated carbocycles. The molecule has 1 aliphatic heterocycles. The van der Waals surface area contributed by atoms with E-state index >= 15 is 0 Å². The van der Waals surface area contributed by atoms with Crippen molar-refractivity contribution < 1.29 is 4.79 Å². The van der Waals surface area contributed by atoms with Gasteiger partial charge in [-0.1, -0.05) is 0 Å². The van der Waals surface area contributed by atoms with Gasteiger partial charge < -0.3 is 5.32 Å². The van der Waals surface area contributed by atoms with Crippen molar-refractivity contribution in [1.82, 2.24) is 5.32 Å². The van der Waals surface area contributed by atoms with E-state index in [1.54, 1.807) is 0 Å². The predicted octanol–water partition coefficient (Wildman–Crippen LogP) is 0.894. The first-order chi connectivity index (χ1) is 4.33. The first-order valence-electron chi connectivity index (χ1n) is 3.18. The molecule has 2 nitrogen and oxygen atoms in total. The van der Waals surface area contributed by atoms with Gasteiger partial charge in [-0.15, -0.1) is 11.6 Å². The van der Waals surface area contributed by atoms with Crippen molar-refractivity contribution in [3.8, 4) is 0 Å². The Morgan fingerprint density at radius 2 is 2.56 bits per heavy atom. The number of nitrogens with one attached hydrogen (secondary N) is 1. The normalized spacial score (nSPS) is 27.7. The van der Waals surface area contributed by atoms with Gasteiger partial charge in [0, 0.05) is 18.3 Å². The third kappa shape index (κ3) is 1.86. The number of rotatable bonds is 1. The number of carbonyl (C=O) groups excluding carboxylic acids is 1. The minimum absolute atomic E-state index is 0.145. The van der Waals surface area contributed by atoms with Crippen LogP contribution in [0.5, 0.6) is 0 Å². The number of amides is 1. The van der Waals surface area contributed by atoms with Gasteiger partial charge in [-0.25, -0.2) is 0 Å². The lowest BCUT2D eigenvalue weighted by atomic mass is 10.1. The number of halogens is 1. The second kappa shape index (κ2) is 3.06. The Bertz CT molecular complexity index is 116. The maximum absolute atomic E-state index is 10.7. The number of carbonyl (C=O) groups is 1. The average Bonchev–Trinajstić information content (AvgIpc) is 1.88. The first-order valence-corrected chi connectivity index (χ1v) is 3.71. The van der Waals surface area contributed by atoms with Gasteiger partial charge in [0.15, 0.2) is 0 Å². The number of piperidine rings is 1. The topological polar surface area (TPSA) is 29.1 Å². The van der Waals surface area contributed by atoms with E-state index in [9.17, 15) is 4.79 Å². The van der Waals surface area contributed by atoms with Crippen molar-refractivity contribution in [2.24, 2.45) is 0 Å². The van der Waals surface area contributed by atoms with E-state index in [0.29, 0.717) is 12.3 Å². The average molecular weight is 148 g/mol. The van der Waals surface area contributed by atoms with Crippen LogP contribution >= 0.6 is 11.6 Å². The largest absolute Gasteiger partial charge is 0.352 e. The molecule has 0 aromatic rings. The van der Waals surface area contributed by atoms with Crippen molar-refractivity contribution in [2.75, 3.05) is 5.88 Å². The molecule has 0 aromatic carbocycles. The highest BCUT2D eigenvalue weighted by Crippen LogP contribution is 2.08. The summed E-state index contributed by atoms with van der Waals surface area (Å²) >= 11 is 5.53. The Labute approximate surface area is 59.6 Å². The van der Waals surface area contributed by atoms with Gasteiger partial charge >= 0.3 is 0 Å². The fourth-order valence-electron chi connectivity index (χ4n) is 0.997. The van der Waals surface area contributed by atoms with Crippen LogP contribution in [0.3, 0.4) is 0 Å². The molecule has 52 valence electrons. The Morgan fingerprint density at radius 3 is 3.00 bits per heavy atom. The van der Waals surface area contributed by atoms with E-state index in [-0.39, 0.29) is 11.9 Å². The summed E-state index contributed by atoms with van der Waals surface area (Å²) in [6.45, 7) is 0. The van der Waals surface area contributed by atoms with Crippen LogP contribution < -0.4 is 5.32 Å². The summed E-state index contributed by atoms with van der Waals surface area (Å²) in [4.78, 5) is 10.7. The van der Waals surface area contributed by atoms with E-state index in [2.05, 4.69) is 5.32 Å². The van der Waals surface area contributed by atoms with Crippen LogP contribution in [0.15, 0.2) is 0 Å². The van der Waals surface area contributed by atoms with Gasteiger partial charge in [0.25, 0.3) is 0 Å². The highest BCUT2D eigenvalue weighted by molar-refractivity contribution is 6.18. The van der Waals surface area contributed by atoms with Crippen LogP contribution in [0.1, 0.15) is 19.3 Å². The van der Waals surface area contributed by atoms with Gasteiger partial charge in [-0.3, -0.25) is 4.79 Å². The van der Waals surface area contributed by atoms with Gasteiger partial charge in [0.2, 0.25) is 5.91 Å². The van der Waals surface area contributed by atoms with Gasteiger partial charge in [0.1, 0.15) is 0 Å². The molecule has 1 amide bonds.